The molecule has 0 spiro atoms. The van der Waals surface area contributed by atoms with E-state index in [2.05, 4.69) is 15.0 Å². The average molecular weight is 521 g/mol. The van der Waals surface area contributed by atoms with Gasteiger partial charge in [-0.05, 0) is 74.4 Å². The van der Waals surface area contributed by atoms with E-state index in [9.17, 15) is 26.4 Å². The van der Waals surface area contributed by atoms with Crippen LogP contribution in [0.4, 0.5) is 30.2 Å². The summed E-state index contributed by atoms with van der Waals surface area (Å²) < 4.78 is 69.9. The Morgan fingerprint density at radius 1 is 1.19 bits per heavy atom. The molecule has 1 aliphatic rings. The number of fused-ring (bicyclic) bond motifs is 1. The number of nitrogens with one attached hydrogen (secondary N) is 1. The Labute approximate surface area is 205 Å². The van der Waals surface area contributed by atoms with Crippen LogP contribution in [0, 0.1) is 6.92 Å². The Hall–Kier alpha value is -3.80. The minimum Gasteiger partial charge on any atom is -0.406 e. The summed E-state index contributed by atoms with van der Waals surface area (Å²) in [5.74, 6) is -1.05. The van der Waals surface area contributed by atoms with E-state index in [1.807, 2.05) is 0 Å². The zero-order valence-electron chi connectivity index (χ0n) is 19.5. The van der Waals surface area contributed by atoms with Gasteiger partial charge in [-0.2, -0.15) is 0 Å². The lowest BCUT2D eigenvalue weighted by Gasteiger charge is -2.31. The van der Waals surface area contributed by atoms with Crippen LogP contribution < -0.4 is 20.1 Å². The molecule has 0 bridgehead atoms. The standard InChI is InChI=1S/C24H23F3N4O4S/c1-14-11-17(35-24(25,26)27)7-9-20(14)30-16-6-8-19-21(12-16)31(15(2)23(19,3)22(28)32)36(33,34)18-5-4-10-29-13-18/h4-13,15,30H,1-3H3,(H2,28,32). The fourth-order valence-electron chi connectivity index (χ4n) is 4.32. The number of aromatic nitrogens is 1. The van der Waals surface area contributed by atoms with Crippen LogP contribution in [0.5, 0.6) is 5.75 Å². The summed E-state index contributed by atoms with van der Waals surface area (Å²) in [5.41, 5.74) is 6.52. The summed E-state index contributed by atoms with van der Waals surface area (Å²) in [7, 11) is -4.11. The van der Waals surface area contributed by atoms with E-state index in [0.29, 0.717) is 22.5 Å². The third-order valence-electron chi connectivity index (χ3n) is 6.40. The second-order valence-corrected chi connectivity index (χ2v) is 10.4. The van der Waals surface area contributed by atoms with Gasteiger partial charge in [-0.15, -0.1) is 13.2 Å². The molecule has 190 valence electrons. The van der Waals surface area contributed by atoms with Crippen molar-refractivity contribution < 1.29 is 31.1 Å². The van der Waals surface area contributed by atoms with Crippen molar-refractivity contribution >= 4 is 33.0 Å². The monoisotopic (exact) mass is 520 g/mol. The molecule has 2 aromatic carbocycles. The van der Waals surface area contributed by atoms with Crippen LogP contribution in [0.3, 0.4) is 0 Å². The van der Waals surface area contributed by atoms with Crippen LogP contribution in [-0.4, -0.2) is 31.7 Å². The molecule has 2 heterocycles. The van der Waals surface area contributed by atoms with E-state index in [0.717, 1.165) is 4.31 Å². The van der Waals surface area contributed by atoms with Gasteiger partial charge in [0.25, 0.3) is 10.0 Å². The Balaban J connectivity index is 1.77. The van der Waals surface area contributed by atoms with Gasteiger partial charge in [-0.1, -0.05) is 6.07 Å². The second-order valence-electron chi connectivity index (χ2n) is 8.61. The highest BCUT2D eigenvalue weighted by Gasteiger charge is 2.53. The molecule has 4 rings (SSSR count). The van der Waals surface area contributed by atoms with E-state index in [1.54, 1.807) is 39.0 Å². The van der Waals surface area contributed by atoms with Crippen molar-refractivity contribution in [1.82, 2.24) is 4.98 Å². The average Bonchev–Trinajstić information content (AvgIpc) is 3.03. The summed E-state index contributed by atoms with van der Waals surface area (Å²) in [6.45, 7) is 4.80. The van der Waals surface area contributed by atoms with Crippen LogP contribution in [0.2, 0.25) is 0 Å². The molecule has 2 atom stereocenters. The molecule has 0 radical (unpaired) electrons. The molecule has 3 aromatic rings. The molecule has 1 amide bonds. The van der Waals surface area contributed by atoms with Crippen molar-refractivity contribution in [3.8, 4) is 5.75 Å². The number of pyridine rings is 1. The molecular formula is C24H23F3N4O4S. The molecule has 1 aliphatic heterocycles. The first-order valence-corrected chi connectivity index (χ1v) is 12.2. The number of hydrogen-bond donors (Lipinski definition) is 2. The van der Waals surface area contributed by atoms with Crippen molar-refractivity contribution in [3.63, 3.8) is 0 Å². The van der Waals surface area contributed by atoms with Crippen LogP contribution in [-0.2, 0) is 20.2 Å². The van der Waals surface area contributed by atoms with E-state index < -0.39 is 33.7 Å². The minimum atomic E-state index is -4.81. The van der Waals surface area contributed by atoms with Crippen molar-refractivity contribution in [2.75, 3.05) is 9.62 Å². The van der Waals surface area contributed by atoms with Gasteiger partial charge in [0.05, 0.1) is 17.1 Å². The first-order chi connectivity index (χ1) is 16.7. The molecule has 36 heavy (non-hydrogen) atoms. The van der Waals surface area contributed by atoms with Crippen LogP contribution in [0.25, 0.3) is 0 Å². The number of primary amides is 1. The van der Waals surface area contributed by atoms with Crippen molar-refractivity contribution in [2.24, 2.45) is 5.73 Å². The molecule has 3 N–H and O–H groups in total. The Morgan fingerprint density at radius 3 is 2.50 bits per heavy atom. The Kier molecular flexibility index (Phi) is 6.11. The number of alkyl halides is 3. The van der Waals surface area contributed by atoms with Crippen molar-refractivity contribution in [3.05, 3.63) is 72.1 Å². The predicted molar refractivity (Wildman–Crippen MR) is 127 cm³/mol. The minimum absolute atomic E-state index is 0.0500. The number of benzene rings is 2. The van der Waals surface area contributed by atoms with Gasteiger partial charge in [0.15, 0.2) is 0 Å². The topological polar surface area (TPSA) is 115 Å². The van der Waals surface area contributed by atoms with Crippen molar-refractivity contribution in [2.45, 2.75) is 43.5 Å². The largest absolute Gasteiger partial charge is 0.573 e. The number of nitrogens with zero attached hydrogens (tertiary/aromatic N) is 2. The molecule has 1 aromatic heterocycles. The number of sulfonamides is 1. The number of ether oxygens (including phenoxy) is 1. The number of amides is 1. The lowest BCUT2D eigenvalue weighted by Crippen LogP contribution is -2.50. The first kappa shape index (κ1) is 25.3. The summed E-state index contributed by atoms with van der Waals surface area (Å²) >= 11 is 0. The maximum atomic E-state index is 13.6. The number of hydrogen-bond acceptors (Lipinski definition) is 6. The molecular weight excluding hydrogens is 497 g/mol. The molecule has 8 nitrogen and oxygen atoms in total. The van der Waals surface area contributed by atoms with Crippen LogP contribution >= 0.6 is 0 Å². The normalized spacial score (nSPS) is 19.6. The molecule has 0 aliphatic carbocycles. The summed E-state index contributed by atoms with van der Waals surface area (Å²) in [6.07, 6.45) is -2.14. The fraction of sp³-hybridized carbons (Fsp3) is 0.250. The highest BCUT2D eigenvalue weighted by Crippen LogP contribution is 2.49. The highest BCUT2D eigenvalue weighted by atomic mass is 32.2. The zero-order chi connectivity index (χ0) is 26.5. The van der Waals surface area contributed by atoms with Gasteiger partial charge in [0.2, 0.25) is 5.91 Å². The number of anilines is 3. The third-order valence-corrected chi connectivity index (χ3v) is 8.26. The second kappa shape index (κ2) is 8.70. The summed E-state index contributed by atoms with van der Waals surface area (Å²) in [6, 6.07) is 10.7. The summed E-state index contributed by atoms with van der Waals surface area (Å²) in [4.78, 5) is 16.4. The van der Waals surface area contributed by atoms with Gasteiger partial charge in [0, 0.05) is 23.8 Å². The van der Waals surface area contributed by atoms with Gasteiger partial charge in [-0.3, -0.25) is 14.1 Å². The number of aryl methyl sites for hydroxylation is 1. The van der Waals surface area contributed by atoms with Crippen molar-refractivity contribution in [1.29, 1.82) is 0 Å². The van der Waals surface area contributed by atoms with E-state index in [1.165, 1.54) is 42.7 Å². The number of carbonyl (C=O) groups is 1. The Morgan fingerprint density at radius 2 is 1.92 bits per heavy atom. The SMILES string of the molecule is Cc1cc(OC(F)(F)F)ccc1Nc1ccc2c(c1)N(S(=O)(=O)c1cccnc1)C(C)C2(C)C(N)=O. The summed E-state index contributed by atoms with van der Waals surface area (Å²) in [5, 5.41) is 3.09. The third kappa shape index (κ3) is 4.32. The molecule has 0 saturated heterocycles. The maximum Gasteiger partial charge on any atom is 0.573 e. The highest BCUT2D eigenvalue weighted by molar-refractivity contribution is 7.92. The lowest BCUT2D eigenvalue weighted by atomic mass is 9.78. The Bertz CT molecular complexity index is 1430. The molecule has 2 unspecified atom stereocenters. The van der Waals surface area contributed by atoms with Gasteiger partial charge < -0.3 is 15.8 Å². The maximum absolute atomic E-state index is 13.6. The van der Waals surface area contributed by atoms with Gasteiger partial charge in [-0.25, -0.2) is 8.42 Å². The van der Waals surface area contributed by atoms with E-state index >= 15 is 0 Å². The van der Waals surface area contributed by atoms with Crippen LogP contribution in [0.1, 0.15) is 25.0 Å². The van der Waals surface area contributed by atoms with Gasteiger partial charge in [0.1, 0.15) is 10.6 Å². The molecule has 12 heteroatoms. The lowest BCUT2D eigenvalue weighted by molar-refractivity contribution is -0.274. The quantitative estimate of drug-likeness (QED) is 0.499. The number of nitrogens with two attached hydrogens (primary N) is 1. The van der Waals surface area contributed by atoms with Gasteiger partial charge >= 0.3 is 6.36 Å². The number of rotatable bonds is 6. The van der Waals surface area contributed by atoms with E-state index in [4.69, 9.17) is 5.73 Å². The number of halogens is 3. The molecule has 0 saturated carbocycles. The fourth-order valence-corrected chi connectivity index (χ4v) is 6.03. The molecule has 0 fully saturated rings. The first-order valence-electron chi connectivity index (χ1n) is 10.8. The smallest absolute Gasteiger partial charge is 0.406 e. The zero-order valence-corrected chi connectivity index (χ0v) is 20.3. The number of carbonyl (C=O) groups excluding carboxylic acids is 1. The van der Waals surface area contributed by atoms with Crippen LogP contribution in [0.15, 0.2) is 65.8 Å². The van der Waals surface area contributed by atoms with E-state index in [-0.39, 0.29) is 16.3 Å². The predicted octanol–water partition coefficient (Wildman–Crippen LogP) is 4.37.